The van der Waals surface area contributed by atoms with Crippen LogP contribution in [0.3, 0.4) is 0 Å². The van der Waals surface area contributed by atoms with Gasteiger partial charge in [-0.1, -0.05) is 54.6 Å². The maximum atomic E-state index is 13.4. The van der Waals surface area contributed by atoms with E-state index in [-0.39, 0.29) is 12.5 Å². The van der Waals surface area contributed by atoms with Crippen LogP contribution in [-0.4, -0.2) is 36.3 Å². The summed E-state index contributed by atoms with van der Waals surface area (Å²) in [6, 6.07) is 26.4. The number of methoxy groups -OCH3 is 1. The lowest BCUT2D eigenvalue weighted by Crippen LogP contribution is -2.31. The number of hydrogen-bond donors (Lipinski definition) is 1. The van der Waals surface area contributed by atoms with Crippen LogP contribution in [0.4, 0.5) is 11.4 Å². The molecule has 8 heteroatoms. The number of nitriles is 1. The van der Waals surface area contributed by atoms with Crippen LogP contribution in [-0.2, 0) is 9.59 Å². The van der Waals surface area contributed by atoms with Crippen LogP contribution in [0.15, 0.2) is 84.0 Å². The fraction of sp³-hybridized carbons (Fsp3) is 0.241. The molecule has 1 aliphatic heterocycles. The van der Waals surface area contributed by atoms with Crippen molar-refractivity contribution in [2.24, 2.45) is 5.10 Å². The minimum Gasteiger partial charge on any atom is -0.497 e. The van der Waals surface area contributed by atoms with Crippen molar-refractivity contribution in [3.8, 4) is 11.8 Å². The Morgan fingerprint density at radius 1 is 1.11 bits per heavy atom. The predicted octanol–water partition coefficient (Wildman–Crippen LogP) is 5.04. The highest BCUT2D eigenvalue weighted by atomic mass is 16.5. The van der Waals surface area contributed by atoms with E-state index in [9.17, 15) is 14.9 Å². The van der Waals surface area contributed by atoms with Gasteiger partial charge in [-0.05, 0) is 36.2 Å². The van der Waals surface area contributed by atoms with Crippen LogP contribution in [0.25, 0.3) is 0 Å². The number of aryl methyl sites for hydroxylation is 1. The van der Waals surface area contributed by atoms with Gasteiger partial charge in [0.05, 0.1) is 25.6 Å². The van der Waals surface area contributed by atoms with Crippen LogP contribution < -0.4 is 15.0 Å². The van der Waals surface area contributed by atoms with Crippen molar-refractivity contribution < 1.29 is 14.3 Å². The molecule has 0 spiro atoms. The molecule has 1 heterocycles. The molecular formula is C29H29N5O3. The molecule has 0 bridgehead atoms. The summed E-state index contributed by atoms with van der Waals surface area (Å²) >= 11 is 0. The lowest BCUT2D eigenvalue weighted by molar-refractivity contribution is -0.136. The molecule has 8 nitrogen and oxygen atoms in total. The van der Waals surface area contributed by atoms with Gasteiger partial charge in [0, 0.05) is 30.4 Å². The largest absolute Gasteiger partial charge is 0.497 e. The second kappa shape index (κ2) is 11.9. The Bertz CT molecular complexity index is 1330. The minimum absolute atomic E-state index is 0.306. The zero-order valence-electron chi connectivity index (χ0n) is 20.9. The smallest absolute Gasteiger partial charge is 0.252 e. The quantitative estimate of drug-likeness (QED) is 0.442. The Kier molecular flexibility index (Phi) is 8.16. The zero-order valence-corrected chi connectivity index (χ0v) is 20.9. The van der Waals surface area contributed by atoms with Crippen molar-refractivity contribution in [3.05, 3.63) is 90.0 Å². The minimum atomic E-state index is -0.436. The molecule has 3 aromatic carbocycles. The van der Waals surface area contributed by atoms with Crippen molar-refractivity contribution in [1.29, 1.82) is 5.26 Å². The van der Waals surface area contributed by atoms with Crippen LogP contribution >= 0.6 is 0 Å². The van der Waals surface area contributed by atoms with E-state index in [1.807, 2.05) is 66.4 Å². The number of carbonyl (C=O) groups excluding carboxylic acids is 2. The number of carbonyl (C=O) groups is 2. The van der Waals surface area contributed by atoms with Crippen LogP contribution in [0.1, 0.15) is 36.4 Å². The summed E-state index contributed by atoms with van der Waals surface area (Å²) in [5.41, 5.74) is 3.45. The van der Waals surface area contributed by atoms with Crippen molar-refractivity contribution >= 4 is 29.0 Å². The van der Waals surface area contributed by atoms with Gasteiger partial charge in [-0.25, -0.2) is 5.01 Å². The standard InChI is InChI=1S/C29H29N5O3/c1-21-10-6-7-15-25(21)33(17-9-16-30)27-19-26(22-11-4-3-5-12-22)34(32-27)29(36)20-28(35)31-23-13-8-14-24(18-23)37-2/h3-8,10-15,18,26H,9,17,19-20H2,1-2H3,(H,31,35)/t26-/m1/s1. The molecule has 2 amide bonds. The number of amidine groups is 1. The maximum absolute atomic E-state index is 13.4. The summed E-state index contributed by atoms with van der Waals surface area (Å²) in [6.45, 7) is 2.45. The van der Waals surface area contributed by atoms with E-state index in [0.717, 1.165) is 16.8 Å². The average molecular weight is 496 g/mol. The molecule has 1 atom stereocenters. The Morgan fingerprint density at radius 3 is 2.59 bits per heavy atom. The fourth-order valence-corrected chi connectivity index (χ4v) is 4.36. The summed E-state index contributed by atoms with van der Waals surface area (Å²) in [7, 11) is 1.55. The number of hydrazone groups is 1. The monoisotopic (exact) mass is 495 g/mol. The molecule has 1 aliphatic rings. The molecular weight excluding hydrogens is 466 g/mol. The van der Waals surface area contributed by atoms with Crippen LogP contribution in [0, 0.1) is 18.3 Å². The van der Waals surface area contributed by atoms with Crippen molar-refractivity contribution in [1.82, 2.24) is 5.01 Å². The number of anilines is 2. The first kappa shape index (κ1) is 25.5. The molecule has 0 aromatic heterocycles. The van der Waals surface area contributed by atoms with Crippen molar-refractivity contribution in [2.75, 3.05) is 23.9 Å². The van der Waals surface area contributed by atoms with Gasteiger partial charge >= 0.3 is 0 Å². The number of benzene rings is 3. The van der Waals surface area contributed by atoms with Gasteiger partial charge in [0.15, 0.2) is 0 Å². The van der Waals surface area contributed by atoms with Gasteiger partial charge in [-0.3, -0.25) is 9.59 Å². The van der Waals surface area contributed by atoms with Crippen molar-refractivity contribution in [2.45, 2.75) is 32.2 Å². The van der Waals surface area contributed by atoms with E-state index in [0.29, 0.717) is 36.7 Å². The fourth-order valence-electron chi connectivity index (χ4n) is 4.36. The van der Waals surface area contributed by atoms with E-state index < -0.39 is 11.8 Å². The highest BCUT2D eigenvalue weighted by Crippen LogP contribution is 2.34. The van der Waals surface area contributed by atoms with E-state index in [2.05, 4.69) is 11.4 Å². The number of rotatable bonds is 8. The summed E-state index contributed by atoms with van der Waals surface area (Å²) in [5, 5.41) is 18.2. The second-order valence-corrected chi connectivity index (χ2v) is 8.69. The molecule has 0 aliphatic carbocycles. The lowest BCUT2D eigenvalue weighted by atomic mass is 10.0. The first-order valence-corrected chi connectivity index (χ1v) is 12.1. The molecule has 3 aromatic rings. The second-order valence-electron chi connectivity index (χ2n) is 8.69. The number of amides is 2. The SMILES string of the molecule is COc1cccc(NC(=O)CC(=O)N2N=C(N(CCC#N)c3ccccc3C)C[C@@H]2c2ccccc2)c1. The van der Waals surface area contributed by atoms with E-state index in [4.69, 9.17) is 9.84 Å². The maximum Gasteiger partial charge on any atom is 0.252 e. The van der Waals surface area contributed by atoms with Gasteiger partial charge in [0.25, 0.3) is 5.91 Å². The predicted molar refractivity (Wildman–Crippen MR) is 143 cm³/mol. The summed E-state index contributed by atoms with van der Waals surface area (Å²) in [5.74, 6) is 0.443. The van der Waals surface area contributed by atoms with E-state index >= 15 is 0 Å². The highest BCUT2D eigenvalue weighted by Gasteiger charge is 2.36. The summed E-state index contributed by atoms with van der Waals surface area (Å²) in [6.07, 6.45) is 0.410. The molecule has 4 rings (SSSR count). The first-order chi connectivity index (χ1) is 18.0. The van der Waals surface area contributed by atoms with Gasteiger partial charge in [-0.2, -0.15) is 10.4 Å². The van der Waals surface area contributed by atoms with Crippen LogP contribution in [0.5, 0.6) is 5.75 Å². The first-order valence-electron chi connectivity index (χ1n) is 12.1. The lowest BCUT2D eigenvalue weighted by Gasteiger charge is -2.25. The molecule has 188 valence electrons. The van der Waals surface area contributed by atoms with E-state index in [1.165, 1.54) is 5.01 Å². The van der Waals surface area contributed by atoms with Gasteiger partial charge in [0.1, 0.15) is 18.0 Å². The third-order valence-corrected chi connectivity index (χ3v) is 6.16. The topological polar surface area (TPSA) is 98.0 Å². The molecule has 0 saturated heterocycles. The number of para-hydroxylation sites is 1. The van der Waals surface area contributed by atoms with Crippen LogP contribution in [0.2, 0.25) is 0 Å². The average Bonchev–Trinajstić information content (AvgIpc) is 3.36. The Balaban J connectivity index is 1.60. The third kappa shape index (κ3) is 6.14. The normalized spacial score (nSPS) is 14.5. The Labute approximate surface area is 216 Å². The van der Waals surface area contributed by atoms with Gasteiger partial charge in [0.2, 0.25) is 5.91 Å². The Hall–Kier alpha value is -4.64. The molecule has 37 heavy (non-hydrogen) atoms. The highest BCUT2D eigenvalue weighted by molar-refractivity contribution is 6.06. The van der Waals surface area contributed by atoms with Gasteiger partial charge in [-0.15, -0.1) is 0 Å². The van der Waals surface area contributed by atoms with Gasteiger partial charge < -0.3 is 15.0 Å². The van der Waals surface area contributed by atoms with E-state index in [1.54, 1.807) is 31.4 Å². The zero-order chi connectivity index (χ0) is 26.2. The summed E-state index contributed by atoms with van der Waals surface area (Å²) in [4.78, 5) is 28.1. The molecule has 1 N–H and O–H groups in total. The van der Waals surface area contributed by atoms with Crippen molar-refractivity contribution in [3.63, 3.8) is 0 Å². The number of ether oxygens (including phenoxy) is 1. The number of nitrogens with one attached hydrogen (secondary N) is 1. The molecule has 0 unspecified atom stereocenters. The Morgan fingerprint density at radius 2 is 1.86 bits per heavy atom. The molecule has 0 saturated carbocycles. The number of hydrogen-bond acceptors (Lipinski definition) is 6. The number of nitrogens with zero attached hydrogens (tertiary/aromatic N) is 4. The third-order valence-electron chi connectivity index (χ3n) is 6.16. The molecule has 0 fully saturated rings. The summed E-state index contributed by atoms with van der Waals surface area (Å²) < 4.78 is 5.20. The molecule has 0 radical (unpaired) electrons.